The summed E-state index contributed by atoms with van der Waals surface area (Å²) in [5.41, 5.74) is 0.924. The summed E-state index contributed by atoms with van der Waals surface area (Å²) in [6.45, 7) is 8.42. The Labute approximate surface area is 120 Å². The van der Waals surface area contributed by atoms with Crippen molar-refractivity contribution in [2.75, 3.05) is 6.54 Å². The predicted octanol–water partition coefficient (Wildman–Crippen LogP) is 3.30. The molecule has 0 saturated carbocycles. The third kappa shape index (κ3) is 5.62. The van der Waals surface area contributed by atoms with Crippen LogP contribution >= 0.6 is 11.6 Å². The van der Waals surface area contributed by atoms with Crippen molar-refractivity contribution >= 4 is 17.5 Å². The molecular weight excluding hydrogens is 260 g/mol. The zero-order valence-electron chi connectivity index (χ0n) is 12.1. The molecule has 0 bridgehead atoms. The molecule has 1 amide bonds. The van der Waals surface area contributed by atoms with Gasteiger partial charge < -0.3 is 10.6 Å². The third-order valence-corrected chi connectivity index (χ3v) is 3.51. The monoisotopic (exact) mass is 282 g/mol. The second kappa shape index (κ2) is 6.92. The van der Waals surface area contributed by atoms with E-state index in [1.165, 1.54) is 0 Å². The highest BCUT2D eigenvalue weighted by Gasteiger charge is 2.17. The molecular formula is C15H23ClN2O. The van der Waals surface area contributed by atoms with Gasteiger partial charge in [0.05, 0.1) is 6.54 Å². The van der Waals surface area contributed by atoms with E-state index in [0.29, 0.717) is 11.6 Å². The minimum atomic E-state index is -0.155. The van der Waals surface area contributed by atoms with Crippen LogP contribution in [0.1, 0.15) is 45.7 Å². The summed E-state index contributed by atoms with van der Waals surface area (Å²) < 4.78 is 0. The maximum absolute atomic E-state index is 11.8. The SMILES string of the molecule is CCC(C)(C)NC(=O)CNC(C)c1cccc(Cl)c1. The van der Waals surface area contributed by atoms with Gasteiger partial charge in [-0.05, 0) is 44.9 Å². The molecule has 3 nitrogen and oxygen atoms in total. The molecule has 0 aliphatic heterocycles. The molecule has 0 aromatic heterocycles. The first-order chi connectivity index (χ1) is 8.84. The fraction of sp³-hybridized carbons (Fsp3) is 0.533. The zero-order valence-corrected chi connectivity index (χ0v) is 12.8. The number of nitrogens with one attached hydrogen (secondary N) is 2. The van der Waals surface area contributed by atoms with Crippen molar-refractivity contribution in [2.45, 2.75) is 45.7 Å². The highest BCUT2D eigenvalue weighted by Crippen LogP contribution is 2.17. The highest BCUT2D eigenvalue weighted by atomic mass is 35.5. The van der Waals surface area contributed by atoms with Gasteiger partial charge in [0, 0.05) is 16.6 Å². The Balaban J connectivity index is 2.46. The van der Waals surface area contributed by atoms with Crippen LogP contribution in [0.2, 0.25) is 5.02 Å². The first kappa shape index (κ1) is 16.0. The molecule has 0 saturated heterocycles. The maximum Gasteiger partial charge on any atom is 0.234 e. The van der Waals surface area contributed by atoms with E-state index in [9.17, 15) is 4.79 Å². The molecule has 1 rings (SSSR count). The molecule has 1 unspecified atom stereocenters. The maximum atomic E-state index is 11.8. The molecule has 4 heteroatoms. The lowest BCUT2D eigenvalue weighted by atomic mass is 10.0. The van der Waals surface area contributed by atoms with Crippen LogP contribution in [0.4, 0.5) is 0 Å². The fourth-order valence-corrected chi connectivity index (χ4v) is 1.85. The summed E-state index contributed by atoms with van der Waals surface area (Å²) in [7, 11) is 0. The van der Waals surface area contributed by atoms with Gasteiger partial charge in [-0.25, -0.2) is 0 Å². The van der Waals surface area contributed by atoms with Crippen LogP contribution < -0.4 is 10.6 Å². The molecule has 0 aliphatic carbocycles. The van der Waals surface area contributed by atoms with E-state index in [0.717, 1.165) is 12.0 Å². The number of amides is 1. The number of carbonyl (C=O) groups is 1. The normalized spacial score (nSPS) is 13.1. The summed E-state index contributed by atoms with van der Waals surface area (Å²) in [6.07, 6.45) is 0.905. The molecule has 2 N–H and O–H groups in total. The van der Waals surface area contributed by atoms with Crippen LogP contribution in [-0.2, 0) is 4.79 Å². The second-order valence-electron chi connectivity index (χ2n) is 5.44. The minimum Gasteiger partial charge on any atom is -0.350 e. The largest absolute Gasteiger partial charge is 0.350 e. The van der Waals surface area contributed by atoms with Gasteiger partial charge in [-0.3, -0.25) is 4.79 Å². The number of carbonyl (C=O) groups excluding carboxylic acids is 1. The van der Waals surface area contributed by atoms with E-state index in [1.54, 1.807) is 0 Å². The van der Waals surface area contributed by atoms with Crippen molar-refractivity contribution in [3.63, 3.8) is 0 Å². The summed E-state index contributed by atoms with van der Waals surface area (Å²) in [5, 5.41) is 6.91. The van der Waals surface area contributed by atoms with Crippen molar-refractivity contribution in [2.24, 2.45) is 0 Å². The smallest absolute Gasteiger partial charge is 0.234 e. The van der Waals surface area contributed by atoms with Gasteiger partial charge in [0.15, 0.2) is 0 Å². The Morgan fingerprint density at radius 1 is 1.42 bits per heavy atom. The van der Waals surface area contributed by atoms with E-state index in [2.05, 4.69) is 17.6 Å². The number of rotatable bonds is 6. The van der Waals surface area contributed by atoms with Gasteiger partial charge >= 0.3 is 0 Å². The van der Waals surface area contributed by atoms with Crippen LogP contribution in [0.15, 0.2) is 24.3 Å². The molecule has 0 spiro atoms. The van der Waals surface area contributed by atoms with E-state index in [4.69, 9.17) is 11.6 Å². The van der Waals surface area contributed by atoms with Gasteiger partial charge in [0.2, 0.25) is 5.91 Å². The summed E-state index contributed by atoms with van der Waals surface area (Å²) >= 11 is 5.95. The third-order valence-electron chi connectivity index (χ3n) is 3.28. The quantitative estimate of drug-likeness (QED) is 0.841. The Kier molecular flexibility index (Phi) is 5.83. The first-order valence-corrected chi connectivity index (χ1v) is 7.01. The molecule has 19 heavy (non-hydrogen) atoms. The Hall–Kier alpha value is -1.06. The number of halogens is 1. The topological polar surface area (TPSA) is 41.1 Å². The molecule has 106 valence electrons. The Morgan fingerprint density at radius 2 is 2.11 bits per heavy atom. The van der Waals surface area contributed by atoms with Gasteiger partial charge in [-0.15, -0.1) is 0 Å². The van der Waals surface area contributed by atoms with E-state index in [1.807, 2.05) is 45.0 Å². The highest BCUT2D eigenvalue weighted by molar-refractivity contribution is 6.30. The van der Waals surface area contributed by atoms with Crippen molar-refractivity contribution in [3.8, 4) is 0 Å². The van der Waals surface area contributed by atoms with E-state index >= 15 is 0 Å². The zero-order chi connectivity index (χ0) is 14.5. The Morgan fingerprint density at radius 3 is 2.68 bits per heavy atom. The molecule has 1 aromatic rings. The van der Waals surface area contributed by atoms with Crippen LogP contribution in [0, 0.1) is 0 Å². The van der Waals surface area contributed by atoms with Crippen LogP contribution in [-0.4, -0.2) is 18.0 Å². The van der Waals surface area contributed by atoms with Crippen molar-refractivity contribution in [1.29, 1.82) is 0 Å². The lowest BCUT2D eigenvalue weighted by Crippen LogP contribution is -2.46. The summed E-state index contributed by atoms with van der Waals surface area (Å²) in [6, 6.07) is 7.75. The molecule has 0 heterocycles. The molecule has 0 fully saturated rings. The minimum absolute atomic E-state index is 0.0146. The number of hydrogen-bond donors (Lipinski definition) is 2. The summed E-state index contributed by atoms with van der Waals surface area (Å²) in [4.78, 5) is 11.8. The van der Waals surface area contributed by atoms with Gasteiger partial charge in [-0.1, -0.05) is 30.7 Å². The molecule has 0 aliphatic rings. The lowest BCUT2D eigenvalue weighted by molar-refractivity contribution is -0.122. The fourth-order valence-electron chi connectivity index (χ4n) is 1.65. The first-order valence-electron chi connectivity index (χ1n) is 6.64. The van der Waals surface area contributed by atoms with Gasteiger partial charge in [0.1, 0.15) is 0 Å². The number of benzene rings is 1. The summed E-state index contributed by atoms with van der Waals surface area (Å²) in [5.74, 6) is 0.0146. The van der Waals surface area contributed by atoms with Gasteiger partial charge in [-0.2, -0.15) is 0 Å². The molecule has 1 aromatic carbocycles. The predicted molar refractivity (Wildman–Crippen MR) is 80.4 cm³/mol. The van der Waals surface area contributed by atoms with Crippen molar-refractivity contribution in [1.82, 2.24) is 10.6 Å². The average molecular weight is 283 g/mol. The van der Waals surface area contributed by atoms with Crippen LogP contribution in [0.25, 0.3) is 0 Å². The molecule has 0 radical (unpaired) electrons. The van der Waals surface area contributed by atoms with E-state index in [-0.39, 0.29) is 17.5 Å². The number of hydrogen-bond acceptors (Lipinski definition) is 2. The van der Waals surface area contributed by atoms with Crippen molar-refractivity contribution < 1.29 is 4.79 Å². The molecule has 1 atom stereocenters. The van der Waals surface area contributed by atoms with E-state index < -0.39 is 0 Å². The van der Waals surface area contributed by atoms with Gasteiger partial charge in [0.25, 0.3) is 0 Å². The standard InChI is InChI=1S/C15H23ClN2O/c1-5-15(3,4)18-14(19)10-17-11(2)12-7-6-8-13(16)9-12/h6-9,11,17H,5,10H2,1-4H3,(H,18,19). The van der Waals surface area contributed by atoms with Crippen LogP contribution in [0.5, 0.6) is 0 Å². The Bertz CT molecular complexity index is 432. The van der Waals surface area contributed by atoms with Crippen molar-refractivity contribution in [3.05, 3.63) is 34.9 Å². The van der Waals surface area contributed by atoms with Crippen LogP contribution in [0.3, 0.4) is 0 Å². The second-order valence-corrected chi connectivity index (χ2v) is 5.88. The lowest BCUT2D eigenvalue weighted by Gasteiger charge is -2.25. The average Bonchev–Trinajstić information content (AvgIpc) is 2.35.